The zero-order valence-electron chi connectivity index (χ0n) is 19.7. The Labute approximate surface area is 202 Å². The molecule has 0 spiro atoms. The summed E-state index contributed by atoms with van der Waals surface area (Å²) < 4.78 is 40.5. The van der Waals surface area contributed by atoms with Crippen molar-refractivity contribution in [3.8, 4) is 11.4 Å². The van der Waals surface area contributed by atoms with Crippen molar-refractivity contribution in [2.75, 3.05) is 23.5 Å². The third-order valence-corrected chi connectivity index (χ3v) is 6.94. The van der Waals surface area contributed by atoms with Crippen molar-refractivity contribution in [3.05, 3.63) is 53.9 Å². The number of imidazole rings is 1. The number of rotatable bonds is 7. The minimum Gasteiger partial charge on any atom is -0.340 e. The van der Waals surface area contributed by atoms with Gasteiger partial charge in [-0.15, -0.1) is 0 Å². The van der Waals surface area contributed by atoms with Crippen LogP contribution >= 0.6 is 0 Å². The normalized spacial score (nSPS) is 13.7. The number of anilines is 4. The maximum atomic E-state index is 15.0. The standard InChI is InChI=1S/C23H25FN8O2S/c1-13-9-19(30-29-13)26-22-20(14-5-6-14)21(17-11-31(2)12-25-17)27-23(28-22)32(3)18-8-7-15(10-16(18)24)35(4,33)34/h7-12,14H,5-6H2,1-4H3,(H2,26,27,28,29,30). The van der Waals surface area contributed by atoms with Crippen LogP contribution in [0.1, 0.15) is 30.0 Å². The monoisotopic (exact) mass is 496 g/mol. The Hall–Kier alpha value is -3.80. The molecule has 0 amide bonds. The number of hydrogen-bond acceptors (Lipinski definition) is 8. The summed E-state index contributed by atoms with van der Waals surface area (Å²) in [5.74, 6) is 0.995. The average Bonchev–Trinajstić information content (AvgIpc) is 3.41. The zero-order valence-corrected chi connectivity index (χ0v) is 20.6. The van der Waals surface area contributed by atoms with E-state index in [-0.39, 0.29) is 22.4 Å². The molecule has 1 aromatic carbocycles. The SMILES string of the molecule is Cc1cc(Nc2nc(N(C)c3ccc(S(C)(=O)=O)cc3F)nc(-c3cn(C)cn3)c2C2CC2)n[nH]1. The maximum Gasteiger partial charge on any atom is 0.232 e. The van der Waals surface area contributed by atoms with Crippen molar-refractivity contribution < 1.29 is 12.8 Å². The molecular formula is C23H25FN8O2S. The Balaban J connectivity index is 1.65. The summed E-state index contributed by atoms with van der Waals surface area (Å²) in [6.45, 7) is 1.90. The molecule has 4 aromatic rings. The summed E-state index contributed by atoms with van der Waals surface area (Å²) in [4.78, 5) is 15.4. The molecule has 1 aliphatic rings. The largest absolute Gasteiger partial charge is 0.340 e. The number of nitrogens with one attached hydrogen (secondary N) is 2. The second-order valence-electron chi connectivity index (χ2n) is 8.84. The number of aromatic nitrogens is 6. The van der Waals surface area contributed by atoms with Crippen LogP contribution in [0.2, 0.25) is 0 Å². The van der Waals surface area contributed by atoms with E-state index >= 15 is 4.39 Å². The van der Waals surface area contributed by atoms with E-state index in [9.17, 15) is 8.42 Å². The van der Waals surface area contributed by atoms with E-state index in [0.717, 1.165) is 36.4 Å². The molecule has 10 nitrogen and oxygen atoms in total. The van der Waals surface area contributed by atoms with Crippen molar-refractivity contribution in [2.45, 2.75) is 30.6 Å². The van der Waals surface area contributed by atoms with Gasteiger partial charge in [0.25, 0.3) is 0 Å². The van der Waals surface area contributed by atoms with E-state index in [1.807, 2.05) is 30.8 Å². The molecule has 1 saturated carbocycles. The lowest BCUT2D eigenvalue weighted by atomic mass is 10.1. The van der Waals surface area contributed by atoms with Gasteiger partial charge in [0.15, 0.2) is 15.7 Å². The van der Waals surface area contributed by atoms with E-state index in [2.05, 4.69) is 20.5 Å². The number of nitrogens with zero attached hydrogens (tertiary/aromatic N) is 6. The summed E-state index contributed by atoms with van der Waals surface area (Å²) in [5, 5.41) is 10.5. The molecule has 5 rings (SSSR count). The molecule has 35 heavy (non-hydrogen) atoms. The lowest BCUT2D eigenvalue weighted by Crippen LogP contribution is -2.17. The van der Waals surface area contributed by atoms with Crippen LogP contribution in [0, 0.1) is 12.7 Å². The van der Waals surface area contributed by atoms with E-state index in [4.69, 9.17) is 9.97 Å². The van der Waals surface area contributed by atoms with Crippen LogP contribution in [0.4, 0.5) is 27.7 Å². The van der Waals surface area contributed by atoms with Crippen LogP contribution in [-0.2, 0) is 16.9 Å². The zero-order chi connectivity index (χ0) is 24.9. The second-order valence-corrected chi connectivity index (χ2v) is 10.9. The van der Waals surface area contributed by atoms with Gasteiger partial charge in [0, 0.05) is 43.9 Å². The van der Waals surface area contributed by atoms with E-state index in [1.54, 1.807) is 13.4 Å². The third kappa shape index (κ3) is 4.61. The van der Waals surface area contributed by atoms with Crippen molar-refractivity contribution in [2.24, 2.45) is 7.05 Å². The number of benzene rings is 1. The van der Waals surface area contributed by atoms with E-state index in [0.29, 0.717) is 23.0 Å². The van der Waals surface area contributed by atoms with Crippen LogP contribution in [0.15, 0.2) is 41.7 Å². The first kappa shape index (κ1) is 23.0. The first-order chi connectivity index (χ1) is 16.6. The van der Waals surface area contributed by atoms with Crippen LogP contribution in [0.5, 0.6) is 0 Å². The third-order valence-electron chi connectivity index (χ3n) is 5.83. The van der Waals surface area contributed by atoms with Crippen LogP contribution in [0.25, 0.3) is 11.4 Å². The number of H-pyrrole nitrogens is 1. The van der Waals surface area contributed by atoms with Gasteiger partial charge in [0.05, 0.1) is 16.9 Å². The number of aromatic amines is 1. The van der Waals surface area contributed by atoms with Gasteiger partial charge in [-0.1, -0.05) is 0 Å². The van der Waals surface area contributed by atoms with Gasteiger partial charge in [-0.05, 0) is 43.9 Å². The van der Waals surface area contributed by atoms with Gasteiger partial charge in [0.1, 0.15) is 23.0 Å². The highest BCUT2D eigenvalue weighted by atomic mass is 32.2. The molecule has 0 saturated heterocycles. The molecule has 12 heteroatoms. The number of halogens is 1. The molecule has 1 aliphatic carbocycles. The summed E-state index contributed by atoms with van der Waals surface area (Å²) in [7, 11) is -0.0255. The summed E-state index contributed by atoms with van der Waals surface area (Å²) in [6.07, 6.45) is 6.63. The molecular weight excluding hydrogens is 471 g/mol. The smallest absolute Gasteiger partial charge is 0.232 e. The Kier molecular flexibility index (Phi) is 5.55. The summed E-state index contributed by atoms with van der Waals surface area (Å²) in [6, 6.07) is 5.65. The Morgan fingerprint density at radius 3 is 2.57 bits per heavy atom. The Morgan fingerprint density at radius 1 is 1.23 bits per heavy atom. The fourth-order valence-corrected chi connectivity index (χ4v) is 4.53. The quantitative estimate of drug-likeness (QED) is 0.396. The van der Waals surface area contributed by atoms with Gasteiger partial charge in [-0.25, -0.2) is 22.8 Å². The highest BCUT2D eigenvalue weighted by molar-refractivity contribution is 7.90. The average molecular weight is 497 g/mol. The Bertz CT molecular complexity index is 1520. The van der Waals surface area contributed by atoms with Gasteiger partial charge in [-0.3, -0.25) is 5.10 Å². The molecule has 0 bridgehead atoms. The fourth-order valence-electron chi connectivity index (χ4n) is 3.89. The molecule has 2 N–H and O–H groups in total. The van der Waals surface area contributed by atoms with Crippen LogP contribution < -0.4 is 10.2 Å². The summed E-state index contributed by atoms with van der Waals surface area (Å²) >= 11 is 0. The van der Waals surface area contributed by atoms with Gasteiger partial charge in [0.2, 0.25) is 5.95 Å². The van der Waals surface area contributed by atoms with Crippen molar-refractivity contribution in [1.29, 1.82) is 0 Å². The lowest BCUT2D eigenvalue weighted by Gasteiger charge is -2.22. The minimum absolute atomic E-state index is 0.0948. The highest BCUT2D eigenvalue weighted by Crippen LogP contribution is 2.47. The predicted molar refractivity (Wildman–Crippen MR) is 130 cm³/mol. The summed E-state index contributed by atoms with van der Waals surface area (Å²) in [5.41, 5.74) is 3.32. The van der Waals surface area contributed by atoms with E-state index in [1.165, 1.54) is 17.0 Å². The van der Waals surface area contributed by atoms with Gasteiger partial charge >= 0.3 is 0 Å². The predicted octanol–water partition coefficient (Wildman–Crippen LogP) is 3.84. The molecule has 182 valence electrons. The van der Waals surface area contributed by atoms with Crippen LogP contribution in [0.3, 0.4) is 0 Å². The molecule has 3 heterocycles. The number of sulfone groups is 1. The molecule has 1 fully saturated rings. The second kappa shape index (κ2) is 8.45. The minimum atomic E-state index is -3.54. The van der Waals surface area contributed by atoms with Crippen molar-refractivity contribution in [3.63, 3.8) is 0 Å². The molecule has 0 aliphatic heterocycles. The number of hydrogen-bond donors (Lipinski definition) is 2. The maximum absolute atomic E-state index is 15.0. The molecule has 0 unspecified atom stereocenters. The van der Waals surface area contributed by atoms with Crippen molar-refractivity contribution in [1.82, 2.24) is 29.7 Å². The Morgan fingerprint density at radius 2 is 2.00 bits per heavy atom. The first-order valence-corrected chi connectivity index (χ1v) is 12.9. The lowest BCUT2D eigenvalue weighted by molar-refractivity contribution is 0.596. The molecule has 0 radical (unpaired) electrons. The van der Waals surface area contributed by atoms with Crippen molar-refractivity contribution >= 4 is 33.1 Å². The molecule has 3 aromatic heterocycles. The topological polar surface area (TPSA) is 122 Å². The number of aryl methyl sites for hydroxylation is 2. The molecule has 0 atom stereocenters. The fraction of sp³-hybridized carbons (Fsp3) is 0.304. The van der Waals surface area contributed by atoms with Gasteiger partial charge < -0.3 is 14.8 Å². The van der Waals surface area contributed by atoms with E-state index < -0.39 is 15.7 Å². The highest BCUT2D eigenvalue weighted by Gasteiger charge is 2.33. The van der Waals surface area contributed by atoms with Crippen LogP contribution in [-0.4, -0.2) is 51.4 Å². The van der Waals surface area contributed by atoms with Gasteiger partial charge in [-0.2, -0.15) is 10.1 Å². The first-order valence-electron chi connectivity index (χ1n) is 11.0.